The van der Waals surface area contributed by atoms with E-state index in [1.54, 1.807) is 4.90 Å². The molecule has 1 saturated heterocycles. The number of nitrogens with zero attached hydrogens (tertiary/aromatic N) is 1. The number of piperidine rings is 1. The number of ether oxygens (including phenoxy) is 1. The Morgan fingerprint density at radius 3 is 2.83 bits per heavy atom. The number of benzene rings is 1. The summed E-state index contributed by atoms with van der Waals surface area (Å²) in [5, 5.41) is 0. The van der Waals surface area contributed by atoms with Crippen LogP contribution >= 0.6 is 0 Å². The first-order chi connectivity index (χ1) is 8.74. The largest absolute Gasteiger partial charge is 0.445 e. The predicted molar refractivity (Wildman–Crippen MR) is 67.8 cm³/mol. The van der Waals surface area contributed by atoms with Gasteiger partial charge in [-0.05, 0) is 23.8 Å². The molecule has 4 heteroatoms. The highest BCUT2D eigenvalue weighted by molar-refractivity contribution is 5.68. The molecule has 1 aliphatic carbocycles. The molecule has 0 bridgehead atoms. The molecule has 1 heterocycles. The minimum atomic E-state index is -0.236. The number of amides is 1. The summed E-state index contributed by atoms with van der Waals surface area (Å²) >= 11 is 0. The van der Waals surface area contributed by atoms with Crippen molar-refractivity contribution in [2.75, 3.05) is 13.1 Å². The second kappa shape index (κ2) is 4.61. The molecule has 3 atom stereocenters. The summed E-state index contributed by atoms with van der Waals surface area (Å²) in [5.74, 6) is 1.25. The standard InChI is InChI=1S/C14H18N2O2/c15-13-8-16(7-11-6-12(11)13)14(17)18-9-10-4-2-1-3-5-10/h1-5,11-13H,6-9,15H2. The van der Waals surface area contributed by atoms with E-state index in [1.807, 2.05) is 30.3 Å². The predicted octanol–water partition coefficient (Wildman–Crippen LogP) is 1.60. The smallest absolute Gasteiger partial charge is 0.410 e. The van der Waals surface area contributed by atoms with Crippen LogP contribution in [0.4, 0.5) is 4.79 Å². The second-order valence-electron chi connectivity index (χ2n) is 5.27. The van der Waals surface area contributed by atoms with Crippen molar-refractivity contribution in [2.24, 2.45) is 17.6 Å². The van der Waals surface area contributed by atoms with Crippen LogP contribution in [0.25, 0.3) is 0 Å². The second-order valence-corrected chi connectivity index (χ2v) is 5.27. The van der Waals surface area contributed by atoms with E-state index >= 15 is 0 Å². The molecule has 1 saturated carbocycles. The fourth-order valence-corrected chi connectivity index (χ4v) is 2.71. The monoisotopic (exact) mass is 246 g/mol. The minimum absolute atomic E-state index is 0.132. The summed E-state index contributed by atoms with van der Waals surface area (Å²) in [5.41, 5.74) is 7.02. The Morgan fingerprint density at radius 2 is 2.11 bits per heavy atom. The van der Waals surface area contributed by atoms with Crippen LogP contribution in [-0.2, 0) is 11.3 Å². The van der Waals surface area contributed by atoms with E-state index in [2.05, 4.69) is 0 Å². The molecule has 1 aromatic rings. The zero-order valence-electron chi connectivity index (χ0n) is 10.3. The Balaban J connectivity index is 1.52. The zero-order valence-corrected chi connectivity index (χ0v) is 10.3. The average Bonchev–Trinajstić information content (AvgIpc) is 3.17. The molecule has 2 aliphatic rings. The molecule has 18 heavy (non-hydrogen) atoms. The maximum Gasteiger partial charge on any atom is 0.410 e. The summed E-state index contributed by atoms with van der Waals surface area (Å²) < 4.78 is 5.31. The van der Waals surface area contributed by atoms with Gasteiger partial charge in [-0.2, -0.15) is 0 Å². The van der Waals surface area contributed by atoms with E-state index in [-0.39, 0.29) is 12.1 Å². The van der Waals surface area contributed by atoms with E-state index < -0.39 is 0 Å². The lowest BCUT2D eigenvalue weighted by Gasteiger charge is -2.29. The Bertz CT molecular complexity index is 435. The molecule has 4 nitrogen and oxygen atoms in total. The van der Waals surface area contributed by atoms with Crippen molar-refractivity contribution in [1.82, 2.24) is 4.90 Å². The van der Waals surface area contributed by atoms with Crippen LogP contribution in [0.1, 0.15) is 12.0 Å². The van der Waals surface area contributed by atoms with Crippen molar-refractivity contribution in [3.8, 4) is 0 Å². The van der Waals surface area contributed by atoms with Crippen molar-refractivity contribution in [3.63, 3.8) is 0 Å². The van der Waals surface area contributed by atoms with Gasteiger partial charge >= 0.3 is 6.09 Å². The molecule has 2 N–H and O–H groups in total. The first-order valence-electron chi connectivity index (χ1n) is 6.45. The van der Waals surface area contributed by atoms with Crippen molar-refractivity contribution in [1.29, 1.82) is 0 Å². The SMILES string of the molecule is NC1CN(C(=O)OCc2ccccc2)CC2CC12. The van der Waals surface area contributed by atoms with Crippen molar-refractivity contribution in [3.05, 3.63) is 35.9 Å². The molecule has 1 amide bonds. The van der Waals surface area contributed by atoms with Gasteiger partial charge in [0.05, 0.1) is 0 Å². The molecule has 0 radical (unpaired) electrons. The summed E-state index contributed by atoms with van der Waals surface area (Å²) in [6.45, 7) is 1.78. The highest BCUT2D eigenvalue weighted by atomic mass is 16.6. The molecule has 3 unspecified atom stereocenters. The highest BCUT2D eigenvalue weighted by Gasteiger charge is 2.47. The summed E-state index contributed by atoms with van der Waals surface area (Å²) in [4.78, 5) is 13.7. The van der Waals surface area contributed by atoms with Crippen LogP contribution in [0, 0.1) is 11.8 Å². The molecule has 1 aromatic carbocycles. The quantitative estimate of drug-likeness (QED) is 0.862. The average molecular weight is 246 g/mol. The number of nitrogens with two attached hydrogens (primary N) is 1. The number of carbonyl (C=O) groups is 1. The van der Waals surface area contributed by atoms with Crippen molar-refractivity contribution >= 4 is 6.09 Å². The third-order valence-electron chi connectivity index (χ3n) is 3.88. The van der Waals surface area contributed by atoms with Crippen LogP contribution in [-0.4, -0.2) is 30.1 Å². The normalized spacial score (nSPS) is 29.6. The highest BCUT2D eigenvalue weighted by Crippen LogP contribution is 2.44. The number of rotatable bonds is 2. The molecule has 3 rings (SSSR count). The first kappa shape index (κ1) is 11.5. The number of likely N-dealkylation sites (tertiary alicyclic amines) is 1. The van der Waals surface area contributed by atoms with Gasteiger partial charge in [-0.25, -0.2) is 4.79 Å². The summed E-state index contributed by atoms with van der Waals surface area (Å²) in [6, 6.07) is 9.86. The van der Waals surface area contributed by atoms with Gasteiger partial charge in [-0.1, -0.05) is 30.3 Å². The number of hydrogen-bond donors (Lipinski definition) is 1. The fourth-order valence-electron chi connectivity index (χ4n) is 2.71. The van der Waals surface area contributed by atoms with Gasteiger partial charge in [0.15, 0.2) is 0 Å². The van der Waals surface area contributed by atoms with Crippen LogP contribution in [0.5, 0.6) is 0 Å². The van der Waals surface area contributed by atoms with Crippen LogP contribution in [0.15, 0.2) is 30.3 Å². The van der Waals surface area contributed by atoms with Gasteiger partial charge in [0.25, 0.3) is 0 Å². The summed E-state index contributed by atoms with van der Waals surface area (Å²) in [7, 11) is 0. The number of hydrogen-bond acceptors (Lipinski definition) is 3. The minimum Gasteiger partial charge on any atom is -0.445 e. The topological polar surface area (TPSA) is 55.6 Å². The van der Waals surface area contributed by atoms with Gasteiger partial charge in [-0.15, -0.1) is 0 Å². The molecular formula is C14H18N2O2. The number of carbonyl (C=O) groups excluding carboxylic acids is 1. The van der Waals surface area contributed by atoms with Gasteiger partial charge in [0.2, 0.25) is 0 Å². The molecule has 2 fully saturated rings. The van der Waals surface area contributed by atoms with E-state index in [9.17, 15) is 4.79 Å². The third-order valence-corrected chi connectivity index (χ3v) is 3.88. The molecule has 1 aliphatic heterocycles. The van der Waals surface area contributed by atoms with E-state index in [0.29, 0.717) is 25.0 Å². The maximum absolute atomic E-state index is 11.9. The Kier molecular flexibility index (Phi) is 2.96. The Labute approximate surface area is 107 Å². The van der Waals surface area contributed by atoms with Crippen LogP contribution < -0.4 is 5.73 Å². The Hall–Kier alpha value is -1.55. The van der Waals surface area contributed by atoms with Crippen LogP contribution in [0.2, 0.25) is 0 Å². The van der Waals surface area contributed by atoms with Gasteiger partial charge < -0.3 is 15.4 Å². The van der Waals surface area contributed by atoms with E-state index in [1.165, 1.54) is 6.42 Å². The maximum atomic E-state index is 11.9. The van der Waals surface area contributed by atoms with Gasteiger partial charge in [0.1, 0.15) is 6.61 Å². The molecule has 0 spiro atoms. The van der Waals surface area contributed by atoms with Crippen LogP contribution in [0.3, 0.4) is 0 Å². The lowest BCUT2D eigenvalue weighted by atomic mass is 10.1. The molecule has 0 aromatic heterocycles. The molecule has 96 valence electrons. The van der Waals surface area contributed by atoms with Gasteiger partial charge in [-0.3, -0.25) is 0 Å². The fraction of sp³-hybridized carbons (Fsp3) is 0.500. The number of fused-ring (bicyclic) bond motifs is 1. The van der Waals surface area contributed by atoms with Crippen molar-refractivity contribution in [2.45, 2.75) is 19.1 Å². The third kappa shape index (κ3) is 2.34. The molecular weight excluding hydrogens is 228 g/mol. The summed E-state index contributed by atoms with van der Waals surface area (Å²) in [6.07, 6.45) is 0.934. The van der Waals surface area contributed by atoms with Crippen molar-refractivity contribution < 1.29 is 9.53 Å². The lowest BCUT2D eigenvalue weighted by molar-refractivity contribution is 0.0844. The lowest BCUT2D eigenvalue weighted by Crippen LogP contribution is -2.47. The Morgan fingerprint density at radius 1 is 1.33 bits per heavy atom. The van der Waals surface area contributed by atoms with Gasteiger partial charge in [0, 0.05) is 19.1 Å². The zero-order chi connectivity index (χ0) is 12.5. The van der Waals surface area contributed by atoms with E-state index in [0.717, 1.165) is 12.1 Å². The van der Waals surface area contributed by atoms with E-state index in [4.69, 9.17) is 10.5 Å². The first-order valence-corrected chi connectivity index (χ1v) is 6.45.